The molecule has 116 valence electrons. The lowest BCUT2D eigenvalue weighted by molar-refractivity contribution is 0.0728. The van der Waals surface area contributed by atoms with Crippen LogP contribution in [0.3, 0.4) is 0 Å². The Balaban J connectivity index is 2.44. The highest BCUT2D eigenvalue weighted by Crippen LogP contribution is 2.25. The van der Waals surface area contributed by atoms with Gasteiger partial charge in [-0.15, -0.1) is 0 Å². The number of carbonyl (C=O) groups excluding carboxylic acids is 1. The average molecular weight is 318 g/mol. The van der Waals surface area contributed by atoms with E-state index in [1.165, 1.54) is 12.1 Å². The predicted molar refractivity (Wildman–Crippen MR) is 85.0 cm³/mol. The molecule has 2 aromatic carbocycles. The molecule has 0 atom stereocenters. The summed E-state index contributed by atoms with van der Waals surface area (Å²) in [4.78, 5) is 12.4. The number of aryl methyl sites for hydroxylation is 2. The van der Waals surface area contributed by atoms with Crippen LogP contribution in [0.2, 0.25) is 0 Å². The number of carbonyl (C=O) groups is 1. The van der Waals surface area contributed by atoms with Gasteiger partial charge in [-0.1, -0.05) is 37.3 Å². The second-order valence-corrected chi connectivity index (χ2v) is 7.26. The zero-order chi connectivity index (χ0) is 16.3. The van der Waals surface area contributed by atoms with E-state index < -0.39 is 15.8 Å². The normalized spacial score (nSPS) is 11.2. The Morgan fingerprint density at radius 1 is 1.00 bits per heavy atom. The molecule has 0 aliphatic carbocycles. The lowest BCUT2D eigenvalue weighted by Gasteiger charge is -2.12. The molecule has 4 nitrogen and oxygen atoms in total. The van der Waals surface area contributed by atoms with Crippen molar-refractivity contribution in [1.82, 2.24) is 0 Å². The lowest BCUT2D eigenvalue weighted by atomic mass is 10.1. The molecule has 0 aliphatic rings. The average Bonchev–Trinajstić information content (AvgIpc) is 2.51. The van der Waals surface area contributed by atoms with Crippen LogP contribution in [0.15, 0.2) is 47.4 Å². The summed E-state index contributed by atoms with van der Waals surface area (Å²) in [5, 5.41) is 0. The molecule has 0 heterocycles. The largest absolute Gasteiger partial charge is 0.422 e. The number of esters is 1. The molecule has 0 saturated carbocycles. The van der Waals surface area contributed by atoms with E-state index in [1.807, 2.05) is 32.0 Å². The van der Waals surface area contributed by atoms with Crippen LogP contribution in [0.4, 0.5) is 0 Å². The van der Waals surface area contributed by atoms with E-state index in [9.17, 15) is 13.2 Å². The first-order valence-electron chi connectivity index (χ1n) is 6.97. The van der Waals surface area contributed by atoms with Crippen LogP contribution in [0, 0.1) is 13.8 Å². The van der Waals surface area contributed by atoms with Crippen LogP contribution in [0.5, 0.6) is 5.75 Å². The van der Waals surface area contributed by atoms with Gasteiger partial charge in [-0.3, -0.25) is 0 Å². The smallest absolute Gasteiger partial charge is 0.344 e. The number of para-hydroxylation sites is 1. The highest BCUT2D eigenvalue weighted by atomic mass is 32.2. The highest BCUT2D eigenvalue weighted by molar-refractivity contribution is 7.91. The molecule has 0 N–H and O–H groups in total. The van der Waals surface area contributed by atoms with Crippen molar-refractivity contribution in [2.24, 2.45) is 0 Å². The Bertz CT molecular complexity index is 787. The molecule has 0 saturated heterocycles. The van der Waals surface area contributed by atoms with Crippen LogP contribution in [-0.2, 0) is 9.84 Å². The summed E-state index contributed by atoms with van der Waals surface area (Å²) in [7, 11) is -3.49. The number of sulfone groups is 1. The summed E-state index contributed by atoms with van der Waals surface area (Å²) < 4.78 is 29.6. The van der Waals surface area contributed by atoms with Gasteiger partial charge in [-0.05, 0) is 37.1 Å². The monoisotopic (exact) mass is 318 g/mol. The summed E-state index contributed by atoms with van der Waals surface area (Å²) in [6, 6.07) is 11.7. The summed E-state index contributed by atoms with van der Waals surface area (Å²) in [5.74, 6) is -0.262. The third kappa shape index (κ3) is 3.20. The molecule has 0 amide bonds. The molecular weight excluding hydrogens is 300 g/mol. The maximum Gasteiger partial charge on any atom is 0.344 e. The zero-order valence-electron chi connectivity index (χ0n) is 12.8. The SMILES string of the molecule is CCS(=O)(=O)c1ccccc1C(=O)Oc1c(C)cccc1C. The van der Waals surface area contributed by atoms with Crippen molar-refractivity contribution >= 4 is 15.8 Å². The Morgan fingerprint density at radius 2 is 1.59 bits per heavy atom. The van der Waals surface area contributed by atoms with Gasteiger partial charge in [0.1, 0.15) is 5.75 Å². The van der Waals surface area contributed by atoms with Crippen molar-refractivity contribution in [2.45, 2.75) is 25.7 Å². The molecule has 5 heteroatoms. The molecule has 0 aromatic heterocycles. The van der Waals surface area contributed by atoms with Crippen molar-refractivity contribution in [2.75, 3.05) is 5.75 Å². The number of hydrogen-bond acceptors (Lipinski definition) is 4. The maximum atomic E-state index is 12.4. The van der Waals surface area contributed by atoms with E-state index in [0.717, 1.165) is 11.1 Å². The van der Waals surface area contributed by atoms with E-state index in [-0.39, 0.29) is 16.2 Å². The molecule has 2 rings (SSSR count). The molecule has 0 aliphatic heterocycles. The minimum absolute atomic E-state index is 0.00809. The van der Waals surface area contributed by atoms with E-state index in [2.05, 4.69) is 0 Å². The van der Waals surface area contributed by atoms with Crippen LogP contribution < -0.4 is 4.74 Å². The fraction of sp³-hybridized carbons (Fsp3) is 0.235. The quantitative estimate of drug-likeness (QED) is 0.641. The van der Waals surface area contributed by atoms with Crippen LogP contribution >= 0.6 is 0 Å². The molecular formula is C17H18O4S. The standard InChI is InChI=1S/C17H18O4S/c1-4-22(19,20)15-11-6-5-10-14(15)17(18)21-16-12(2)8-7-9-13(16)3/h5-11H,4H2,1-3H3. The Morgan fingerprint density at radius 3 is 2.18 bits per heavy atom. The molecule has 0 bridgehead atoms. The fourth-order valence-corrected chi connectivity index (χ4v) is 3.25. The number of benzene rings is 2. The number of hydrogen-bond donors (Lipinski definition) is 0. The van der Waals surface area contributed by atoms with Gasteiger partial charge in [0.25, 0.3) is 0 Å². The Kier molecular flexibility index (Phi) is 4.66. The van der Waals surface area contributed by atoms with Crippen LogP contribution in [0.25, 0.3) is 0 Å². The van der Waals surface area contributed by atoms with Crippen molar-refractivity contribution in [1.29, 1.82) is 0 Å². The summed E-state index contributed by atoms with van der Waals surface area (Å²) in [6.07, 6.45) is 0. The fourth-order valence-electron chi connectivity index (χ4n) is 2.17. The highest BCUT2D eigenvalue weighted by Gasteiger charge is 2.22. The van der Waals surface area contributed by atoms with Gasteiger partial charge in [0.05, 0.1) is 16.2 Å². The van der Waals surface area contributed by atoms with E-state index in [0.29, 0.717) is 5.75 Å². The van der Waals surface area contributed by atoms with Gasteiger partial charge in [0.2, 0.25) is 0 Å². The van der Waals surface area contributed by atoms with Crippen LogP contribution in [-0.4, -0.2) is 20.1 Å². The first kappa shape index (κ1) is 16.2. The topological polar surface area (TPSA) is 60.4 Å². The molecule has 0 fully saturated rings. The second-order valence-electron chi connectivity index (χ2n) is 5.01. The van der Waals surface area contributed by atoms with E-state index >= 15 is 0 Å². The van der Waals surface area contributed by atoms with Crippen molar-refractivity contribution in [3.63, 3.8) is 0 Å². The van der Waals surface area contributed by atoms with Gasteiger partial charge in [-0.25, -0.2) is 13.2 Å². The molecule has 0 unspecified atom stereocenters. The van der Waals surface area contributed by atoms with Gasteiger partial charge in [0, 0.05) is 0 Å². The van der Waals surface area contributed by atoms with Gasteiger partial charge >= 0.3 is 5.97 Å². The van der Waals surface area contributed by atoms with Crippen LogP contribution in [0.1, 0.15) is 28.4 Å². The molecule has 0 spiro atoms. The second kappa shape index (κ2) is 6.32. The van der Waals surface area contributed by atoms with Crippen molar-refractivity contribution in [3.8, 4) is 5.75 Å². The number of ether oxygens (including phenoxy) is 1. The molecule has 22 heavy (non-hydrogen) atoms. The first-order valence-corrected chi connectivity index (χ1v) is 8.62. The third-order valence-electron chi connectivity index (χ3n) is 3.43. The zero-order valence-corrected chi connectivity index (χ0v) is 13.6. The summed E-state index contributed by atoms with van der Waals surface area (Å²) in [6.45, 7) is 5.22. The molecule has 2 aromatic rings. The van der Waals surface area contributed by atoms with E-state index in [4.69, 9.17) is 4.74 Å². The predicted octanol–water partition coefficient (Wildman–Crippen LogP) is 3.32. The lowest BCUT2D eigenvalue weighted by Crippen LogP contribution is -2.16. The van der Waals surface area contributed by atoms with Crippen molar-refractivity contribution in [3.05, 3.63) is 59.2 Å². The Hall–Kier alpha value is -2.14. The molecule has 0 radical (unpaired) electrons. The maximum absolute atomic E-state index is 12.4. The Labute approximate surface area is 130 Å². The van der Waals surface area contributed by atoms with E-state index in [1.54, 1.807) is 19.1 Å². The minimum Gasteiger partial charge on any atom is -0.422 e. The third-order valence-corrected chi connectivity index (χ3v) is 5.21. The van der Waals surface area contributed by atoms with Gasteiger partial charge < -0.3 is 4.74 Å². The van der Waals surface area contributed by atoms with Crippen molar-refractivity contribution < 1.29 is 17.9 Å². The van der Waals surface area contributed by atoms with Gasteiger partial charge in [-0.2, -0.15) is 0 Å². The summed E-state index contributed by atoms with van der Waals surface area (Å²) in [5.41, 5.74) is 1.71. The summed E-state index contributed by atoms with van der Waals surface area (Å²) >= 11 is 0. The minimum atomic E-state index is -3.49. The number of rotatable bonds is 4. The first-order chi connectivity index (χ1) is 10.4. The van der Waals surface area contributed by atoms with Gasteiger partial charge in [0.15, 0.2) is 9.84 Å².